The van der Waals surface area contributed by atoms with Crippen LogP contribution in [0.15, 0.2) is 121 Å². The Labute approximate surface area is 191 Å². The molecule has 4 aromatic carbocycles. The van der Waals surface area contributed by atoms with E-state index in [0.717, 1.165) is 33.2 Å². The van der Waals surface area contributed by atoms with E-state index in [2.05, 4.69) is 57.8 Å². The standard InChI is InChI=1S/C28H21N5/c1-4-10-23(11-5-1)28(24-12-6-2-7-13-24,25-14-8-3-9-15-25)33-31-27(30-32-33)22-16-17-26-21(20-22)18-19-29-26/h1-20,29H. The number of fused-ring (bicyclic) bond motifs is 1. The molecule has 6 aromatic rings. The summed E-state index contributed by atoms with van der Waals surface area (Å²) in [5.74, 6) is 0.588. The van der Waals surface area contributed by atoms with Gasteiger partial charge in [0, 0.05) is 22.7 Å². The second-order valence-electron chi connectivity index (χ2n) is 7.99. The summed E-state index contributed by atoms with van der Waals surface area (Å²) in [6.07, 6.45) is 1.93. The predicted octanol–water partition coefficient (Wildman–Crippen LogP) is 5.66. The number of hydrogen-bond acceptors (Lipinski definition) is 3. The fourth-order valence-corrected chi connectivity index (χ4v) is 4.55. The summed E-state index contributed by atoms with van der Waals surface area (Å²) in [4.78, 5) is 4.98. The number of nitrogens with zero attached hydrogens (tertiary/aromatic N) is 4. The fourth-order valence-electron chi connectivity index (χ4n) is 4.55. The van der Waals surface area contributed by atoms with Crippen LogP contribution in [0.3, 0.4) is 0 Å². The molecular formula is C28H21N5. The molecule has 158 valence electrons. The van der Waals surface area contributed by atoms with Gasteiger partial charge in [0.05, 0.1) is 0 Å². The van der Waals surface area contributed by atoms with E-state index in [1.807, 2.05) is 79.0 Å². The first-order chi connectivity index (χ1) is 16.4. The van der Waals surface area contributed by atoms with Crippen molar-refractivity contribution >= 4 is 10.9 Å². The molecular weight excluding hydrogens is 406 g/mol. The Balaban J connectivity index is 1.62. The molecule has 0 saturated heterocycles. The van der Waals surface area contributed by atoms with Crippen molar-refractivity contribution in [3.63, 3.8) is 0 Å². The van der Waals surface area contributed by atoms with Gasteiger partial charge in [-0.1, -0.05) is 91.0 Å². The summed E-state index contributed by atoms with van der Waals surface area (Å²) in [6, 6.07) is 39.3. The number of aromatic amines is 1. The van der Waals surface area contributed by atoms with Crippen LogP contribution in [0.2, 0.25) is 0 Å². The third-order valence-electron chi connectivity index (χ3n) is 6.10. The number of rotatable bonds is 5. The normalized spacial score (nSPS) is 11.6. The van der Waals surface area contributed by atoms with Gasteiger partial charge in [-0.15, -0.1) is 15.0 Å². The van der Waals surface area contributed by atoms with Crippen molar-refractivity contribution in [1.82, 2.24) is 25.2 Å². The minimum atomic E-state index is -0.771. The Hall–Kier alpha value is -4.51. The van der Waals surface area contributed by atoms with Crippen LogP contribution in [0.4, 0.5) is 0 Å². The average Bonchev–Trinajstić information content (AvgIpc) is 3.56. The summed E-state index contributed by atoms with van der Waals surface area (Å²) in [7, 11) is 0. The number of hydrogen-bond donors (Lipinski definition) is 1. The van der Waals surface area contributed by atoms with Gasteiger partial charge >= 0.3 is 0 Å². The van der Waals surface area contributed by atoms with Gasteiger partial charge in [0.25, 0.3) is 0 Å². The first-order valence-corrected chi connectivity index (χ1v) is 10.9. The Kier molecular flexibility index (Phi) is 4.58. The number of H-pyrrole nitrogens is 1. The van der Waals surface area contributed by atoms with Crippen molar-refractivity contribution in [1.29, 1.82) is 0 Å². The molecule has 0 bridgehead atoms. The number of benzene rings is 4. The maximum Gasteiger partial charge on any atom is 0.205 e. The molecule has 0 spiro atoms. The maximum absolute atomic E-state index is 4.96. The van der Waals surface area contributed by atoms with Gasteiger partial charge in [-0.25, -0.2) is 0 Å². The highest BCUT2D eigenvalue weighted by Crippen LogP contribution is 2.39. The topological polar surface area (TPSA) is 59.4 Å². The van der Waals surface area contributed by atoms with Crippen molar-refractivity contribution in [2.45, 2.75) is 5.54 Å². The zero-order valence-corrected chi connectivity index (χ0v) is 17.8. The number of nitrogens with one attached hydrogen (secondary N) is 1. The lowest BCUT2D eigenvalue weighted by Gasteiger charge is -2.34. The molecule has 2 heterocycles. The first kappa shape index (κ1) is 19.2. The quantitative estimate of drug-likeness (QED) is 0.361. The van der Waals surface area contributed by atoms with Crippen molar-refractivity contribution in [3.05, 3.63) is 138 Å². The summed E-state index contributed by atoms with van der Waals surface area (Å²) in [5.41, 5.74) is 4.43. The molecule has 0 fully saturated rings. The zero-order valence-electron chi connectivity index (χ0n) is 17.8. The Morgan fingerprint density at radius 1 is 0.636 bits per heavy atom. The van der Waals surface area contributed by atoms with Crippen LogP contribution >= 0.6 is 0 Å². The third kappa shape index (κ3) is 3.13. The minimum Gasteiger partial charge on any atom is -0.361 e. The van der Waals surface area contributed by atoms with Crippen molar-refractivity contribution in [2.75, 3.05) is 0 Å². The highest BCUT2D eigenvalue weighted by Gasteiger charge is 2.41. The van der Waals surface area contributed by atoms with Crippen LogP contribution in [-0.2, 0) is 5.54 Å². The molecule has 6 rings (SSSR count). The molecule has 1 N–H and O–H groups in total. The Morgan fingerprint density at radius 2 is 1.21 bits per heavy atom. The second-order valence-corrected chi connectivity index (χ2v) is 7.99. The molecule has 5 nitrogen and oxygen atoms in total. The highest BCUT2D eigenvalue weighted by atomic mass is 15.6. The lowest BCUT2D eigenvalue weighted by molar-refractivity contribution is 0.396. The predicted molar refractivity (Wildman–Crippen MR) is 130 cm³/mol. The van der Waals surface area contributed by atoms with Crippen LogP contribution < -0.4 is 0 Å². The summed E-state index contributed by atoms with van der Waals surface area (Å²) >= 11 is 0. The third-order valence-corrected chi connectivity index (χ3v) is 6.10. The van der Waals surface area contributed by atoms with Gasteiger partial charge in [-0.05, 0) is 46.2 Å². The summed E-state index contributed by atoms with van der Waals surface area (Å²) < 4.78 is 0. The molecule has 0 radical (unpaired) electrons. The molecule has 0 atom stereocenters. The summed E-state index contributed by atoms with van der Waals surface area (Å²) in [5, 5.41) is 15.2. The number of tetrazole rings is 1. The molecule has 0 saturated carbocycles. The van der Waals surface area contributed by atoms with Crippen LogP contribution in [0.25, 0.3) is 22.3 Å². The Morgan fingerprint density at radius 3 is 1.79 bits per heavy atom. The van der Waals surface area contributed by atoms with E-state index in [0.29, 0.717) is 5.82 Å². The zero-order chi connectivity index (χ0) is 22.1. The van der Waals surface area contributed by atoms with Crippen molar-refractivity contribution in [2.24, 2.45) is 0 Å². The number of aromatic nitrogens is 5. The smallest absolute Gasteiger partial charge is 0.205 e. The van der Waals surface area contributed by atoms with Crippen LogP contribution in [0.1, 0.15) is 16.7 Å². The monoisotopic (exact) mass is 427 g/mol. The SMILES string of the molecule is c1ccc(C(c2ccccc2)(c2ccccc2)n2nnc(-c3ccc4[nH]ccc4c3)n2)cc1. The first-order valence-electron chi connectivity index (χ1n) is 10.9. The van der Waals surface area contributed by atoms with E-state index in [4.69, 9.17) is 5.10 Å². The van der Waals surface area contributed by atoms with Gasteiger partial charge in [0.1, 0.15) is 0 Å². The van der Waals surface area contributed by atoms with Gasteiger partial charge in [-0.3, -0.25) is 0 Å². The summed E-state index contributed by atoms with van der Waals surface area (Å²) in [6.45, 7) is 0. The van der Waals surface area contributed by atoms with Gasteiger partial charge in [-0.2, -0.15) is 0 Å². The van der Waals surface area contributed by atoms with Crippen LogP contribution in [-0.4, -0.2) is 25.2 Å². The molecule has 33 heavy (non-hydrogen) atoms. The fraction of sp³-hybridized carbons (Fsp3) is 0.0357. The van der Waals surface area contributed by atoms with E-state index in [1.54, 1.807) is 4.80 Å². The van der Waals surface area contributed by atoms with Crippen LogP contribution in [0, 0.1) is 0 Å². The van der Waals surface area contributed by atoms with E-state index in [1.165, 1.54) is 0 Å². The molecule has 0 amide bonds. The van der Waals surface area contributed by atoms with E-state index in [-0.39, 0.29) is 0 Å². The maximum atomic E-state index is 4.96. The van der Waals surface area contributed by atoms with E-state index in [9.17, 15) is 0 Å². The molecule has 0 aliphatic heterocycles. The molecule has 0 aliphatic carbocycles. The average molecular weight is 428 g/mol. The van der Waals surface area contributed by atoms with E-state index < -0.39 is 5.54 Å². The van der Waals surface area contributed by atoms with E-state index >= 15 is 0 Å². The molecule has 0 unspecified atom stereocenters. The highest BCUT2D eigenvalue weighted by molar-refractivity contribution is 5.83. The molecule has 5 heteroatoms. The second kappa shape index (κ2) is 7.88. The lowest BCUT2D eigenvalue weighted by atomic mass is 9.77. The minimum absolute atomic E-state index is 0.588. The van der Waals surface area contributed by atoms with Crippen molar-refractivity contribution < 1.29 is 0 Å². The van der Waals surface area contributed by atoms with Crippen LogP contribution in [0.5, 0.6) is 0 Å². The molecule has 2 aromatic heterocycles. The molecule has 0 aliphatic rings. The van der Waals surface area contributed by atoms with Crippen molar-refractivity contribution in [3.8, 4) is 11.4 Å². The Bertz CT molecular complexity index is 1400. The van der Waals surface area contributed by atoms with Gasteiger partial charge in [0.2, 0.25) is 5.82 Å². The van der Waals surface area contributed by atoms with Gasteiger partial charge in [0.15, 0.2) is 5.54 Å². The largest absolute Gasteiger partial charge is 0.361 e. The van der Waals surface area contributed by atoms with Gasteiger partial charge < -0.3 is 4.98 Å². The lowest BCUT2D eigenvalue weighted by Crippen LogP contribution is -2.39.